The molecule has 1 aromatic heterocycles. The molecule has 0 fully saturated rings. The molecule has 3 nitrogen and oxygen atoms in total. The predicted molar refractivity (Wildman–Crippen MR) is 65.2 cm³/mol. The van der Waals surface area contributed by atoms with Crippen molar-refractivity contribution in [2.24, 2.45) is 0 Å². The fourth-order valence-corrected chi connectivity index (χ4v) is 2.41. The molecule has 0 unspecified atom stereocenters. The molecule has 0 aliphatic heterocycles. The first-order valence-corrected chi connectivity index (χ1v) is 6.49. The number of hydrogen-bond donors (Lipinski definition) is 0. The molecule has 0 amide bonds. The van der Waals surface area contributed by atoms with Crippen LogP contribution in [0.3, 0.4) is 0 Å². The summed E-state index contributed by atoms with van der Waals surface area (Å²) in [4.78, 5) is 14.9. The molecule has 0 aromatic carbocycles. The zero-order chi connectivity index (χ0) is 13.0. The summed E-state index contributed by atoms with van der Waals surface area (Å²) in [5.41, 5.74) is 0.777. The van der Waals surface area contributed by atoms with Gasteiger partial charge < -0.3 is 4.74 Å². The summed E-state index contributed by atoms with van der Waals surface area (Å²) in [7, 11) is 1.25. The van der Waals surface area contributed by atoms with Gasteiger partial charge in [-0.05, 0) is 27.1 Å². The summed E-state index contributed by atoms with van der Waals surface area (Å²) in [6.45, 7) is 0. The van der Waals surface area contributed by atoms with Crippen molar-refractivity contribution >= 4 is 37.8 Å². The Labute approximate surface area is 114 Å². The van der Waals surface area contributed by atoms with Crippen LogP contribution in [0.2, 0.25) is 0 Å². The Bertz CT molecular complexity index is 427. The monoisotopic (exact) mass is 371 g/mol. The SMILES string of the molecule is COC(=O)Cc1c(CBr)cnc(C(F)F)c1Br. The number of carbonyl (C=O) groups is 1. The second kappa shape index (κ2) is 6.39. The van der Waals surface area contributed by atoms with Gasteiger partial charge in [-0.3, -0.25) is 9.78 Å². The molecule has 0 saturated carbocycles. The topological polar surface area (TPSA) is 39.2 Å². The van der Waals surface area contributed by atoms with Gasteiger partial charge in [-0.2, -0.15) is 0 Å². The summed E-state index contributed by atoms with van der Waals surface area (Å²) in [6, 6.07) is 0. The number of halogens is 4. The highest BCUT2D eigenvalue weighted by atomic mass is 79.9. The lowest BCUT2D eigenvalue weighted by Crippen LogP contribution is -2.09. The third kappa shape index (κ3) is 3.45. The Morgan fingerprint density at radius 1 is 1.59 bits per heavy atom. The minimum absolute atomic E-state index is 0.0692. The molecular weight excluding hydrogens is 364 g/mol. The number of ether oxygens (including phenoxy) is 1. The van der Waals surface area contributed by atoms with Crippen LogP contribution >= 0.6 is 31.9 Å². The van der Waals surface area contributed by atoms with E-state index in [1.807, 2.05) is 0 Å². The third-order valence-corrected chi connectivity index (χ3v) is 3.63. The van der Waals surface area contributed by atoms with Crippen molar-refractivity contribution in [2.75, 3.05) is 7.11 Å². The maximum atomic E-state index is 12.6. The maximum Gasteiger partial charge on any atom is 0.310 e. The normalized spacial score (nSPS) is 10.7. The van der Waals surface area contributed by atoms with E-state index in [9.17, 15) is 13.6 Å². The number of carbonyl (C=O) groups excluding carboxylic acids is 1. The zero-order valence-corrected chi connectivity index (χ0v) is 12.0. The first-order valence-electron chi connectivity index (χ1n) is 4.58. The average Bonchev–Trinajstić information content (AvgIpc) is 2.30. The molecule has 1 rings (SSSR count). The fourth-order valence-electron chi connectivity index (χ4n) is 1.25. The minimum atomic E-state index is -2.69. The Hall–Kier alpha value is -0.560. The van der Waals surface area contributed by atoms with Crippen LogP contribution in [0.5, 0.6) is 0 Å². The van der Waals surface area contributed by atoms with Crippen LogP contribution in [0.25, 0.3) is 0 Å². The summed E-state index contributed by atoms with van der Waals surface area (Å²) in [5, 5.41) is 0.425. The van der Waals surface area contributed by atoms with E-state index in [4.69, 9.17) is 0 Å². The van der Waals surface area contributed by atoms with Crippen molar-refractivity contribution in [2.45, 2.75) is 18.2 Å². The highest BCUT2D eigenvalue weighted by Gasteiger charge is 2.20. The van der Waals surface area contributed by atoms with E-state index in [0.717, 1.165) is 0 Å². The average molecular weight is 373 g/mol. The van der Waals surface area contributed by atoms with Gasteiger partial charge in [-0.25, -0.2) is 8.78 Å². The molecule has 0 radical (unpaired) electrons. The summed E-state index contributed by atoms with van der Waals surface area (Å²) in [6.07, 6.45) is -1.43. The fraction of sp³-hybridized carbons (Fsp3) is 0.400. The first kappa shape index (κ1) is 14.5. The first-order chi connectivity index (χ1) is 8.01. The van der Waals surface area contributed by atoms with Crippen molar-refractivity contribution in [1.29, 1.82) is 0 Å². The van der Waals surface area contributed by atoms with Crippen LogP contribution in [0.15, 0.2) is 10.7 Å². The van der Waals surface area contributed by atoms with Gasteiger partial charge in [0.15, 0.2) is 0 Å². The van der Waals surface area contributed by atoms with E-state index in [1.165, 1.54) is 13.3 Å². The molecule has 7 heteroatoms. The van der Waals surface area contributed by atoms with E-state index in [0.29, 0.717) is 16.5 Å². The Balaban J connectivity index is 3.22. The van der Waals surface area contributed by atoms with Crippen LogP contribution in [0.4, 0.5) is 8.78 Å². The van der Waals surface area contributed by atoms with Crippen molar-refractivity contribution in [1.82, 2.24) is 4.98 Å². The van der Waals surface area contributed by atoms with Crippen molar-refractivity contribution in [3.63, 3.8) is 0 Å². The smallest absolute Gasteiger partial charge is 0.310 e. The molecule has 0 spiro atoms. The second-order valence-corrected chi connectivity index (χ2v) is 4.50. The quantitative estimate of drug-likeness (QED) is 0.600. The lowest BCUT2D eigenvalue weighted by Gasteiger charge is -2.11. The van der Waals surface area contributed by atoms with Gasteiger partial charge in [0.05, 0.1) is 13.5 Å². The van der Waals surface area contributed by atoms with Crippen LogP contribution in [-0.2, 0) is 21.3 Å². The Morgan fingerprint density at radius 3 is 2.71 bits per heavy atom. The van der Waals surface area contributed by atoms with Gasteiger partial charge in [-0.1, -0.05) is 15.9 Å². The van der Waals surface area contributed by atoms with Crippen LogP contribution < -0.4 is 0 Å². The molecule has 0 bridgehead atoms. The predicted octanol–water partition coefficient (Wildman–Crippen LogP) is 3.39. The summed E-state index contributed by atoms with van der Waals surface area (Å²) in [5.74, 6) is -0.487. The van der Waals surface area contributed by atoms with Gasteiger partial charge in [0, 0.05) is 16.0 Å². The minimum Gasteiger partial charge on any atom is -0.469 e. The van der Waals surface area contributed by atoms with E-state index >= 15 is 0 Å². The van der Waals surface area contributed by atoms with Crippen LogP contribution in [-0.4, -0.2) is 18.1 Å². The molecule has 1 aromatic rings. The molecule has 17 heavy (non-hydrogen) atoms. The number of pyridine rings is 1. The Kier molecular flexibility index (Phi) is 5.45. The number of aromatic nitrogens is 1. The number of rotatable bonds is 4. The van der Waals surface area contributed by atoms with Gasteiger partial charge >= 0.3 is 5.97 Å². The summed E-state index contributed by atoms with van der Waals surface area (Å²) < 4.78 is 30.0. The van der Waals surface area contributed by atoms with Crippen LogP contribution in [0.1, 0.15) is 23.2 Å². The largest absolute Gasteiger partial charge is 0.469 e. The van der Waals surface area contributed by atoms with E-state index in [1.54, 1.807) is 0 Å². The molecular formula is C10H9Br2F2NO2. The molecule has 1 heterocycles. The van der Waals surface area contributed by atoms with Gasteiger partial charge in [0.25, 0.3) is 6.43 Å². The zero-order valence-electron chi connectivity index (χ0n) is 8.84. The molecule has 0 N–H and O–H groups in total. The molecule has 94 valence electrons. The number of hydrogen-bond acceptors (Lipinski definition) is 3. The lowest BCUT2D eigenvalue weighted by atomic mass is 10.1. The van der Waals surface area contributed by atoms with Gasteiger partial charge in [0.2, 0.25) is 0 Å². The number of esters is 1. The van der Waals surface area contributed by atoms with Crippen molar-refractivity contribution in [3.05, 3.63) is 27.5 Å². The third-order valence-electron chi connectivity index (χ3n) is 2.14. The second-order valence-electron chi connectivity index (χ2n) is 3.15. The lowest BCUT2D eigenvalue weighted by molar-refractivity contribution is -0.139. The highest BCUT2D eigenvalue weighted by Crippen LogP contribution is 2.31. The Morgan fingerprint density at radius 2 is 2.24 bits per heavy atom. The molecule has 0 saturated heterocycles. The summed E-state index contributed by atoms with van der Waals surface area (Å²) >= 11 is 6.28. The van der Waals surface area contributed by atoms with E-state index < -0.39 is 12.4 Å². The standard InChI is InChI=1S/C10H9Br2F2NO2/c1-17-7(16)2-6-5(3-11)4-15-9(8(6)12)10(13)14/h4,10H,2-3H2,1H3. The van der Waals surface area contributed by atoms with Crippen molar-refractivity contribution in [3.8, 4) is 0 Å². The van der Waals surface area contributed by atoms with E-state index in [-0.39, 0.29) is 16.6 Å². The molecule has 0 aliphatic rings. The van der Waals surface area contributed by atoms with Crippen LogP contribution in [0, 0.1) is 0 Å². The van der Waals surface area contributed by atoms with Gasteiger partial charge in [-0.15, -0.1) is 0 Å². The van der Waals surface area contributed by atoms with E-state index in [2.05, 4.69) is 41.6 Å². The highest BCUT2D eigenvalue weighted by molar-refractivity contribution is 9.10. The molecule has 0 atom stereocenters. The van der Waals surface area contributed by atoms with Gasteiger partial charge in [0.1, 0.15) is 5.69 Å². The molecule has 0 aliphatic carbocycles. The van der Waals surface area contributed by atoms with Crippen molar-refractivity contribution < 1.29 is 18.3 Å². The number of nitrogens with zero attached hydrogens (tertiary/aromatic N) is 1. The maximum absolute atomic E-state index is 12.6. The number of alkyl halides is 3. The number of methoxy groups -OCH3 is 1.